The summed E-state index contributed by atoms with van der Waals surface area (Å²) in [6, 6.07) is 14.4. The number of rotatable bonds is 7. The number of nitrogens with zero attached hydrogens (tertiary/aromatic N) is 3. The lowest BCUT2D eigenvalue weighted by atomic mass is 10.2. The Labute approximate surface area is 240 Å². The number of fused-ring (bicyclic) bond motifs is 1. The Kier molecular flexibility index (Phi) is 8.59. The van der Waals surface area contributed by atoms with E-state index in [4.69, 9.17) is 32.7 Å². The van der Waals surface area contributed by atoms with Crippen LogP contribution in [0.15, 0.2) is 62.9 Å². The molecule has 0 amide bonds. The van der Waals surface area contributed by atoms with Crippen LogP contribution in [0.1, 0.15) is 36.7 Å². The van der Waals surface area contributed by atoms with Gasteiger partial charge in [0.2, 0.25) is 0 Å². The number of methoxy groups -OCH3 is 1. The second-order valence-electron chi connectivity index (χ2n) is 8.21. The highest BCUT2D eigenvalue weighted by Crippen LogP contribution is 2.35. The van der Waals surface area contributed by atoms with Gasteiger partial charge in [-0.05, 0) is 70.6 Å². The van der Waals surface area contributed by atoms with Crippen LogP contribution in [-0.4, -0.2) is 23.0 Å². The van der Waals surface area contributed by atoms with Crippen molar-refractivity contribution in [2.75, 3.05) is 7.11 Å². The van der Waals surface area contributed by atoms with Gasteiger partial charge >= 0.3 is 0 Å². The maximum absolute atomic E-state index is 13.3. The van der Waals surface area contributed by atoms with Crippen LogP contribution in [0.4, 0.5) is 0 Å². The molecule has 1 heterocycles. The summed E-state index contributed by atoms with van der Waals surface area (Å²) in [6.45, 7) is 4.20. The Morgan fingerprint density at radius 2 is 1.94 bits per heavy atom. The number of aromatic nitrogens is 2. The normalized spacial score (nSPS) is 11.6. The van der Waals surface area contributed by atoms with E-state index < -0.39 is 0 Å². The Morgan fingerprint density at radius 3 is 2.64 bits per heavy atom. The van der Waals surface area contributed by atoms with Crippen molar-refractivity contribution in [3.63, 3.8) is 0 Å². The molecule has 0 unspecified atom stereocenters. The van der Waals surface area contributed by atoms with Gasteiger partial charge in [0, 0.05) is 26.0 Å². The Balaban J connectivity index is 1.68. The van der Waals surface area contributed by atoms with Gasteiger partial charge < -0.3 is 9.47 Å². The van der Waals surface area contributed by atoms with Crippen LogP contribution in [0.3, 0.4) is 0 Å². The summed E-state index contributed by atoms with van der Waals surface area (Å²) in [4.78, 5) is 17.9. The topological polar surface area (TPSA) is 65.7 Å². The van der Waals surface area contributed by atoms with Gasteiger partial charge in [0.1, 0.15) is 12.4 Å². The van der Waals surface area contributed by atoms with E-state index in [9.17, 15) is 4.79 Å². The quantitative estimate of drug-likeness (QED) is 0.147. The van der Waals surface area contributed by atoms with Crippen molar-refractivity contribution >= 4 is 78.8 Å². The second kappa shape index (κ2) is 11.5. The van der Waals surface area contributed by atoms with Crippen LogP contribution in [0, 0.1) is 3.57 Å². The van der Waals surface area contributed by atoms with Crippen molar-refractivity contribution in [2.45, 2.75) is 26.4 Å². The number of benzene rings is 3. The zero-order chi connectivity index (χ0) is 26.0. The molecule has 6 nitrogen and oxygen atoms in total. The predicted octanol–water partition coefficient (Wildman–Crippen LogP) is 7.66. The summed E-state index contributed by atoms with van der Waals surface area (Å²) in [5, 5.41) is 6.09. The zero-order valence-corrected chi connectivity index (χ0v) is 24.8. The van der Waals surface area contributed by atoms with Crippen LogP contribution in [-0.2, 0) is 6.61 Å². The fraction of sp³-hybridized carbons (Fsp3) is 0.192. The Hall–Kier alpha value is -2.14. The molecular formula is C26H21BrCl2IN3O3. The summed E-state index contributed by atoms with van der Waals surface area (Å²) in [5.74, 6) is 1.68. The second-order valence-corrected chi connectivity index (χ2v) is 11.1. The van der Waals surface area contributed by atoms with Crippen molar-refractivity contribution in [1.29, 1.82) is 0 Å². The average Bonchev–Trinajstić information content (AvgIpc) is 2.83. The minimum atomic E-state index is -0.234. The van der Waals surface area contributed by atoms with Gasteiger partial charge in [0.15, 0.2) is 11.5 Å². The average molecular weight is 701 g/mol. The van der Waals surface area contributed by atoms with Crippen molar-refractivity contribution < 1.29 is 9.47 Å². The first-order valence-corrected chi connectivity index (χ1v) is 13.5. The maximum Gasteiger partial charge on any atom is 0.282 e. The highest BCUT2D eigenvalue weighted by atomic mass is 127. The summed E-state index contributed by atoms with van der Waals surface area (Å²) in [6.07, 6.45) is 1.61. The molecule has 0 aliphatic carbocycles. The molecule has 186 valence electrons. The summed E-state index contributed by atoms with van der Waals surface area (Å²) >= 11 is 17.9. The lowest BCUT2D eigenvalue weighted by Crippen LogP contribution is -2.23. The molecule has 4 aromatic rings. The van der Waals surface area contributed by atoms with Crippen LogP contribution in [0.25, 0.3) is 10.9 Å². The first kappa shape index (κ1) is 26.9. The van der Waals surface area contributed by atoms with Gasteiger partial charge in [0.05, 0.1) is 27.8 Å². The molecule has 0 aliphatic heterocycles. The third kappa shape index (κ3) is 5.88. The molecule has 0 fully saturated rings. The number of ether oxygens (including phenoxy) is 2. The molecular weight excluding hydrogens is 680 g/mol. The van der Waals surface area contributed by atoms with E-state index >= 15 is 0 Å². The fourth-order valence-electron chi connectivity index (χ4n) is 3.52. The van der Waals surface area contributed by atoms with Crippen molar-refractivity contribution in [3.8, 4) is 11.5 Å². The molecule has 0 bridgehead atoms. The fourth-order valence-corrected chi connectivity index (χ4v) is 5.12. The van der Waals surface area contributed by atoms with Crippen LogP contribution < -0.4 is 15.0 Å². The molecule has 3 aromatic carbocycles. The van der Waals surface area contributed by atoms with E-state index in [0.29, 0.717) is 38.3 Å². The van der Waals surface area contributed by atoms with Crippen LogP contribution in [0.5, 0.6) is 11.5 Å². The van der Waals surface area contributed by atoms with Gasteiger partial charge in [-0.25, -0.2) is 4.98 Å². The van der Waals surface area contributed by atoms with E-state index in [1.54, 1.807) is 37.6 Å². The van der Waals surface area contributed by atoms with E-state index in [2.05, 4.69) is 48.6 Å². The van der Waals surface area contributed by atoms with E-state index in [1.165, 1.54) is 4.68 Å². The lowest BCUT2D eigenvalue weighted by Gasteiger charge is -2.15. The number of halogens is 4. The molecule has 0 saturated heterocycles. The molecule has 0 radical (unpaired) electrons. The first-order valence-electron chi connectivity index (χ1n) is 10.9. The van der Waals surface area contributed by atoms with Gasteiger partial charge in [-0.3, -0.25) is 4.79 Å². The highest BCUT2D eigenvalue weighted by Gasteiger charge is 2.15. The van der Waals surface area contributed by atoms with E-state index in [0.717, 1.165) is 19.2 Å². The first-order chi connectivity index (χ1) is 17.2. The molecule has 0 saturated carbocycles. The van der Waals surface area contributed by atoms with Crippen LogP contribution in [0.2, 0.25) is 10.0 Å². The van der Waals surface area contributed by atoms with Crippen molar-refractivity contribution in [1.82, 2.24) is 9.66 Å². The van der Waals surface area contributed by atoms with Gasteiger partial charge in [-0.15, -0.1) is 0 Å². The van der Waals surface area contributed by atoms with Gasteiger partial charge in [-0.1, -0.05) is 59.0 Å². The van der Waals surface area contributed by atoms with Crippen molar-refractivity contribution in [3.05, 3.63) is 93.9 Å². The molecule has 0 spiro atoms. The van der Waals surface area contributed by atoms with E-state index in [-0.39, 0.29) is 18.1 Å². The molecule has 36 heavy (non-hydrogen) atoms. The summed E-state index contributed by atoms with van der Waals surface area (Å²) in [7, 11) is 1.57. The van der Waals surface area contributed by atoms with Gasteiger partial charge in [-0.2, -0.15) is 9.78 Å². The maximum atomic E-state index is 13.3. The monoisotopic (exact) mass is 699 g/mol. The number of hydrogen-bond donors (Lipinski definition) is 0. The predicted molar refractivity (Wildman–Crippen MR) is 157 cm³/mol. The largest absolute Gasteiger partial charge is 0.493 e. The third-order valence-corrected chi connectivity index (χ3v) is 7.19. The summed E-state index contributed by atoms with van der Waals surface area (Å²) in [5.41, 5.74) is 1.95. The Bertz CT molecular complexity index is 1540. The molecule has 10 heteroatoms. The lowest BCUT2D eigenvalue weighted by molar-refractivity contribution is 0.282. The molecule has 0 N–H and O–H groups in total. The molecule has 0 aliphatic rings. The summed E-state index contributed by atoms with van der Waals surface area (Å²) < 4.78 is 14.6. The molecule has 1 aromatic heterocycles. The minimum Gasteiger partial charge on any atom is -0.493 e. The smallest absolute Gasteiger partial charge is 0.282 e. The van der Waals surface area contributed by atoms with Crippen LogP contribution >= 0.6 is 61.7 Å². The minimum absolute atomic E-state index is 0.00645. The Morgan fingerprint density at radius 1 is 1.17 bits per heavy atom. The highest BCUT2D eigenvalue weighted by molar-refractivity contribution is 14.1. The molecule has 4 rings (SSSR count). The van der Waals surface area contributed by atoms with Crippen molar-refractivity contribution in [2.24, 2.45) is 5.10 Å². The zero-order valence-electron chi connectivity index (χ0n) is 19.6. The SMILES string of the molecule is COc1cc(C=Nn2c(C(C)C)nc3ccc(Br)cc3c2=O)cc(I)c1OCc1ccc(Cl)cc1Cl. The third-order valence-electron chi connectivity index (χ3n) is 5.31. The van der Waals surface area contributed by atoms with Gasteiger partial charge in [0.25, 0.3) is 5.56 Å². The molecule has 0 atom stereocenters. The standard InChI is InChI=1S/C26H21BrCl2IN3O3/c1-14(2)25-32-22-7-5-17(27)10-19(22)26(34)33(25)31-12-15-8-21(30)24(23(9-15)35-3)36-13-16-4-6-18(28)11-20(16)29/h4-12,14H,13H2,1-3H3. The number of hydrogen-bond acceptors (Lipinski definition) is 5. The van der Waals surface area contributed by atoms with E-state index in [1.807, 2.05) is 38.1 Å².